The number of esters is 2. The van der Waals surface area contributed by atoms with Gasteiger partial charge in [0.1, 0.15) is 4.21 Å². The molecule has 128 valence electrons. The molecule has 0 unspecified atom stereocenters. The van der Waals surface area contributed by atoms with Crippen molar-refractivity contribution in [2.45, 2.75) is 17.2 Å². The zero-order valence-corrected chi connectivity index (χ0v) is 14.5. The molecule has 0 bridgehead atoms. The lowest BCUT2D eigenvalue weighted by atomic mass is 10.2. The molecule has 0 aliphatic rings. The molecule has 0 amide bonds. The third kappa shape index (κ3) is 4.12. The van der Waals surface area contributed by atoms with E-state index in [0.29, 0.717) is 0 Å². The summed E-state index contributed by atoms with van der Waals surface area (Å²) >= 11 is 1.05. The van der Waals surface area contributed by atoms with E-state index in [9.17, 15) is 18.0 Å². The van der Waals surface area contributed by atoms with Crippen LogP contribution in [0.15, 0.2) is 46.0 Å². The van der Waals surface area contributed by atoms with Crippen molar-refractivity contribution in [2.75, 3.05) is 11.8 Å². The smallest absolute Gasteiger partial charge is 0.346 e. The van der Waals surface area contributed by atoms with Crippen LogP contribution < -0.4 is 4.72 Å². The van der Waals surface area contributed by atoms with Crippen LogP contribution in [0.3, 0.4) is 0 Å². The van der Waals surface area contributed by atoms with Crippen LogP contribution in [-0.2, 0) is 24.3 Å². The number of sulfonamides is 1. The molecule has 24 heavy (non-hydrogen) atoms. The van der Waals surface area contributed by atoms with Crippen molar-refractivity contribution in [3.8, 4) is 0 Å². The molecule has 0 aliphatic carbocycles. The van der Waals surface area contributed by atoms with Gasteiger partial charge in [0, 0.05) is 0 Å². The van der Waals surface area contributed by atoms with Gasteiger partial charge in [0.15, 0.2) is 6.10 Å². The Kier molecular flexibility index (Phi) is 5.58. The number of methoxy groups -OCH3 is 1. The van der Waals surface area contributed by atoms with E-state index in [1.54, 1.807) is 23.6 Å². The van der Waals surface area contributed by atoms with Crippen LogP contribution in [0.5, 0.6) is 0 Å². The minimum Gasteiger partial charge on any atom is -0.466 e. The van der Waals surface area contributed by atoms with Crippen LogP contribution >= 0.6 is 11.3 Å². The first kappa shape index (κ1) is 18.0. The molecular formula is C15H15NO6S2. The minimum absolute atomic E-state index is 0.00613. The standard InChI is InChI=1S/C15H15NO6S2/c1-10(14(17)21-2)22-15(18)11-6-3-4-7-12(11)16-24(19,20)13-8-5-9-23-13/h3-10,16H,1-2H3/t10-/m0/s1. The van der Waals surface area contributed by atoms with E-state index in [1.165, 1.54) is 32.2 Å². The van der Waals surface area contributed by atoms with Crippen LogP contribution in [0.4, 0.5) is 5.69 Å². The van der Waals surface area contributed by atoms with Crippen molar-refractivity contribution in [2.24, 2.45) is 0 Å². The highest BCUT2D eigenvalue weighted by Gasteiger charge is 2.23. The first-order valence-electron chi connectivity index (χ1n) is 6.79. The van der Waals surface area contributed by atoms with Crippen molar-refractivity contribution < 1.29 is 27.5 Å². The number of carbonyl (C=O) groups is 2. The zero-order valence-electron chi connectivity index (χ0n) is 12.9. The van der Waals surface area contributed by atoms with Gasteiger partial charge in [0.2, 0.25) is 0 Å². The number of hydrogen-bond acceptors (Lipinski definition) is 7. The highest BCUT2D eigenvalue weighted by atomic mass is 32.2. The topological polar surface area (TPSA) is 98.8 Å². The molecular weight excluding hydrogens is 354 g/mol. The Hall–Kier alpha value is -2.39. The number of thiophene rings is 1. The van der Waals surface area contributed by atoms with Gasteiger partial charge in [-0.3, -0.25) is 4.72 Å². The summed E-state index contributed by atoms with van der Waals surface area (Å²) in [6.45, 7) is 1.36. The average Bonchev–Trinajstić information content (AvgIpc) is 3.09. The highest BCUT2D eigenvalue weighted by Crippen LogP contribution is 2.23. The van der Waals surface area contributed by atoms with Crippen molar-refractivity contribution in [1.82, 2.24) is 0 Å². The van der Waals surface area contributed by atoms with Crippen LogP contribution in [0.1, 0.15) is 17.3 Å². The molecule has 0 spiro atoms. The maximum atomic E-state index is 12.3. The van der Waals surface area contributed by atoms with E-state index >= 15 is 0 Å². The summed E-state index contributed by atoms with van der Waals surface area (Å²) in [7, 11) is -2.63. The second-order valence-corrected chi connectivity index (χ2v) is 7.51. The summed E-state index contributed by atoms with van der Waals surface area (Å²) in [6, 6.07) is 9.03. The van der Waals surface area contributed by atoms with Crippen LogP contribution in [0.2, 0.25) is 0 Å². The highest BCUT2D eigenvalue weighted by molar-refractivity contribution is 7.94. The van der Waals surface area contributed by atoms with Crippen molar-refractivity contribution in [3.05, 3.63) is 47.3 Å². The Morgan fingerprint density at radius 1 is 1.17 bits per heavy atom. The molecule has 0 fully saturated rings. The number of rotatable bonds is 6. The monoisotopic (exact) mass is 369 g/mol. The van der Waals surface area contributed by atoms with Gasteiger partial charge in [-0.25, -0.2) is 18.0 Å². The molecule has 2 aromatic rings. The molecule has 1 N–H and O–H groups in total. The fraction of sp³-hybridized carbons (Fsp3) is 0.200. The van der Waals surface area contributed by atoms with Gasteiger partial charge < -0.3 is 9.47 Å². The number of benzene rings is 1. The van der Waals surface area contributed by atoms with Gasteiger partial charge in [0.25, 0.3) is 10.0 Å². The second-order valence-electron chi connectivity index (χ2n) is 4.65. The molecule has 2 rings (SSSR count). The van der Waals surface area contributed by atoms with Crippen LogP contribution in [-0.4, -0.2) is 33.6 Å². The van der Waals surface area contributed by atoms with E-state index in [1.807, 2.05) is 0 Å². The maximum Gasteiger partial charge on any atom is 0.346 e. The van der Waals surface area contributed by atoms with Crippen LogP contribution in [0, 0.1) is 0 Å². The van der Waals surface area contributed by atoms with Crippen molar-refractivity contribution >= 4 is 39.0 Å². The lowest BCUT2D eigenvalue weighted by Crippen LogP contribution is -2.26. The van der Waals surface area contributed by atoms with Gasteiger partial charge in [-0.15, -0.1) is 11.3 Å². The lowest BCUT2D eigenvalue weighted by Gasteiger charge is -2.14. The van der Waals surface area contributed by atoms with Gasteiger partial charge in [-0.05, 0) is 30.5 Å². The van der Waals surface area contributed by atoms with E-state index in [-0.39, 0.29) is 15.5 Å². The predicted octanol–water partition coefficient (Wildman–Crippen LogP) is 2.27. The molecule has 1 aromatic carbocycles. The summed E-state index contributed by atoms with van der Waals surface area (Å²) in [6.07, 6.45) is -1.11. The molecule has 1 aromatic heterocycles. The Balaban J connectivity index is 2.25. The molecule has 0 saturated carbocycles. The summed E-state index contributed by atoms with van der Waals surface area (Å²) in [5.41, 5.74) is 0.0568. The number of para-hydroxylation sites is 1. The lowest BCUT2D eigenvalue weighted by molar-refractivity contribution is -0.149. The van der Waals surface area contributed by atoms with E-state index < -0.39 is 28.1 Å². The van der Waals surface area contributed by atoms with Crippen molar-refractivity contribution in [3.63, 3.8) is 0 Å². The second kappa shape index (κ2) is 7.45. The average molecular weight is 369 g/mol. The SMILES string of the molecule is COC(=O)[C@H](C)OC(=O)c1ccccc1NS(=O)(=O)c1cccs1. The van der Waals surface area contributed by atoms with Gasteiger partial charge in [-0.2, -0.15) is 0 Å². The molecule has 7 nitrogen and oxygen atoms in total. The van der Waals surface area contributed by atoms with Crippen molar-refractivity contribution in [1.29, 1.82) is 0 Å². The first-order valence-corrected chi connectivity index (χ1v) is 9.15. The zero-order chi connectivity index (χ0) is 17.7. The number of nitrogens with one attached hydrogen (secondary N) is 1. The fourth-order valence-corrected chi connectivity index (χ4v) is 3.87. The van der Waals surface area contributed by atoms with Gasteiger partial charge in [0.05, 0.1) is 18.4 Å². The van der Waals surface area contributed by atoms with Gasteiger partial charge >= 0.3 is 11.9 Å². The summed E-state index contributed by atoms with van der Waals surface area (Å²) in [5.74, 6) is -1.54. The number of carbonyl (C=O) groups excluding carboxylic acids is 2. The first-order chi connectivity index (χ1) is 11.3. The third-order valence-electron chi connectivity index (χ3n) is 2.97. The molecule has 9 heteroatoms. The summed E-state index contributed by atoms with van der Waals surface area (Å²) < 4.78 is 36.5. The maximum absolute atomic E-state index is 12.3. The van der Waals surface area contributed by atoms with E-state index in [4.69, 9.17) is 4.74 Å². The number of anilines is 1. The van der Waals surface area contributed by atoms with Gasteiger partial charge in [-0.1, -0.05) is 18.2 Å². The molecule has 0 aliphatic heterocycles. The summed E-state index contributed by atoms with van der Waals surface area (Å²) in [4.78, 5) is 23.5. The van der Waals surface area contributed by atoms with E-state index in [0.717, 1.165) is 11.3 Å². The van der Waals surface area contributed by atoms with E-state index in [2.05, 4.69) is 9.46 Å². The fourth-order valence-electron chi connectivity index (χ4n) is 1.80. The predicted molar refractivity (Wildman–Crippen MR) is 88.5 cm³/mol. The number of hydrogen-bond donors (Lipinski definition) is 1. The Morgan fingerprint density at radius 3 is 2.50 bits per heavy atom. The van der Waals surface area contributed by atoms with Crippen LogP contribution in [0.25, 0.3) is 0 Å². The Morgan fingerprint density at radius 2 is 1.88 bits per heavy atom. The third-order valence-corrected chi connectivity index (χ3v) is 5.73. The minimum atomic E-state index is -3.81. The number of ether oxygens (including phenoxy) is 2. The molecule has 1 heterocycles. The Bertz CT molecular complexity index is 829. The Labute approximate surface area is 143 Å². The molecule has 1 atom stereocenters. The quantitative estimate of drug-likeness (QED) is 0.784. The normalized spacial score (nSPS) is 12.2. The molecule has 0 radical (unpaired) electrons. The summed E-state index contributed by atoms with van der Waals surface area (Å²) in [5, 5.41) is 1.63. The molecule has 0 saturated heterocycles. The largest absolute Gasteiger partial charge is 0.466 e.